The molecule has 6 heteroatoms. The van der Waals surface area contributed by atoms with E-state index >= 15 is 0 Å². The van der Waals surface area contributed by atoms with Gasteiger partial charge in [0.25, 0.3) is 0 Å². The number of carbonyl (C=O) groups excluding carboxylic acids is 1. The van der Waals surface area contributed by atoms with Crippen molar-refractivity contribution in [2.24, 2.45) is 41.2 Å². The topological polar surface area (TPSA) is 86.8 Å². The van der Waals surface area contributed by atoms with Gasteiger partial charge >= 0.3 is 7.12 Å². The van der Waals surface area contributed by atoms with Gasteiger partial charge in [0.1, 0.15) is 0 Å². The van der Waals surface area contributed by atoms with Gasteiger partial charge in [-0.2, -0.15) is 0 Å². The lowest BCUT2D eigenvalue weighted by Gasteiger charge is -2.42. The first kappa shape index (κ1) is 23.6. The summed E-state index contributed by atoms with van der Waals surface area (Å²) in [6.45, 7) is 2.75. The van der Waals surface area contributed by atoms with Crippen molar-refractivity contribution in [1.29, 1.82) is 0 Å². The van der Waals surface area contributed by atoms with Crippen LogP contribution in [0.1, 0.15) is 89.9 Å². The van der Waals surface area contributed by atoms with Crippen LogP contribution in [0, 0.1) is 35.5 Å². The molecule has 1 saturated heterocycles. The van der Waals surface area contributed by atoms with Gasteiger partial charge in [0.2, 0.25) is 5.91 Å². The van der Waals surface area contributed by atoms with Gasteiger partial charge in [0, 0.05) is 19.0 Å². The Morgan fingerprint density at radius 2 is 1.39 bits per heavy atom. The molecule has 31 heavy (non-hydrogen) atoms. The first-order valence-corrected chi connectivity index (χ1v) is 13.4. The molecule has 4 fully saturated rings. The van der Waals surface area contributed by atoms with E-state index in [1.807, 2.05) is 0 Å². The number of nitrogens with zero attached hydrogens (tertiary/aromatic N) is 1. The van der Waals surface area contributed by atoms with Crippen LogP contribution in [0.4, 0.5) is 0 Å². The molecule has 0 aromatic carbocycles. The molecule has 6 atom stereocenters. The van der Waals surface area contributed by atoms with Gasteiger partial charge in [-0.1, -0.05) is 44.9 Å². The Kier molecular flexibility index (Phi) is 8.38. The van der Waals surface area contributed by atoms with E-state index in [9.17, 15) is 14.8 Å². The average molecular weight is 432 g/mol. The third-order valence-electron chi connectivity index (χ3n) is 9.58. The monoisotopic (exact) mass is 432 g/mol. The zero-order valence-electron chi connectivity index (χ0n) is 19.5. The highest BCUT2D eigenvalue weighted by molar-refractivity contribution is 6.43. The summed E-state index contributed by atoms with van der Waals surface area (Å²) in [7, 11) is -1.17. The van der Waals surface area contributed by atoms with Gasteiger partial charge in [0.15, 0.2) is 0 Å². The van der Waals surface area contributed by atoms with E-state index in [1.54, 1.807) is 0 Å². The van der Waals surface area contributed by atoms with Crippen molar-refractivity contribution < 1.29 is 14.8 Å². The molecule has 0 bridgehead atoms. The van der Waals surface area contributed by atoms with Crippen LogP contribution in [0.3, 0.4) is 0 Å². The molecule has 0 aromatic rings. The molecule has 1 aliphatic heterocycles. The Morgan fingerprint density at radius 3 is 2.06 bits per heavy atom. The molecular formula is C25H45BN2O3. The molecule has 3 saturated carbocycles. The third kappa shape index (κ3) is 5.86. The predicted molar refractivity (Wildman–Crippen MR) is 125 cm³/mol. The summed E-state index contributed by atoms with van der Waals surface area (Å²) in [5, 5.41) is 19.3. The van der Waals surface area contributed by atoms with Crippen LogP contribution in [-0.2, 0) is 4.79 Å². The lowest BCUT2D eigenvalue weighted by atomic mass is 9.59. The van der Waals surface area contributed by atoms with E-state index in [0.717, 1.165) is 75.9 Å². The number of hydrogen-bond donors (Lipinski definition) is 3. The minimum absolute atomic E-state index is 0.0347. The number of piperidine rings is 1. The van der Waals surface area contributed by atoms with Crippen LogP contribution in [-0.4, -0.2) is 47.6 Å². The predicted octanol–water partition coefficient (Wildman–Crippen LogP) is 3.83. The first-order valence-electron chi connectivity index (χ1n) is 13.4. The molecule has 4 aliphatic rings. The maximum Gasteiger partial charge on any atom is 0.454 e. The van der Waals surface area contributed by atoms with E-state index in [0.29, 0.717) is 17.7 Å². The van der Waals surface area contributed by atoms with Crippen LogP contribution in [0.2, 0.25) is 5.82 Å². The average Bonchev–Trinajstić information content (AvgIpc) is 2.84. The fraction of sp³-hybridized carbons (Fsp3) is 0.960. The van der Waals surface area contributed by atoms with Crippen LogP contribution in [0.5, 0.6) is 0 Å². The minimum Gasteiger partial charge on any atom is -0.427 e. The lowest BCUT2D eigenvalue weighted by Crippen LogP contribution is -2.45. The van der Waals surface area contributed by atoms with E-state index < -0.39 is 7.12 Å². The third-order valence-corrected chi connectivity index (χ3v) is 9.58. The SMILES string of the molecule is NCC1CCCC(C2CCN(C(=O)C3CCCC(C4CCCC(B(O)O)C4)C3)CC2)C1. The van der Waals surface area contributed by atoms with Crippen molar-refractivity contribution in [3.63, 3.8) is 0 Å². The van der Waals surface area contributed by atoms with E-state index in [1.165, 1.54) is 51.4 Å². The fourth-order valence-electron chi connectivity index (χ4n) is 7.67. The molecule has 0 spiro atoms. The summed E-state index contributed by atoms with van der Waals surface area (Å²) >= 11 is 0. The Labute approximate surface area is 189 Å². The molecular weight excluding hydrogens is 387 g/mol. The Hall–Kier alpha value is -0.585. The zero-order valence-corrected chi connectivity index (χ0v) is 19.5. The second kappa shape index (κ2) is 11.0. The molecule has 4 N–H and O–H groups in total. The van der Waals surface area contributed by atoms with Crippen LogP contribution in [0.15, 0.2) is 0 Å². The second-order valence-electron chi connectivity index (χ2n) is 11.4. The Morgan fingerprint density at radius 1 is 0.774 bits per heavy atom. The smallest absolute Gasteiger partial charge is 0.427 e. The van der Waals surface area contributed by atoms with E-state index in [-0.39, 0.29) is 11.7 Å². The summed E-state index contributed by atoms with van der Waals surface area (Å²) in [6.07, 6.45) is 16.3. The van der Waals surface area contributed by atoms with Crippen molar-refractivity contribution in [2.75, 3.05) is 19.6 Å². The fourth-order valence-corrected chi connectivity index (χ4v) is 7.67. The molecule has 5 nitrogen and oxygen atoms in total. The standard InChI is InChI=1S/C25H45BN2O3/c27-17-18-4-1-5-20(14-18)19-10-12-28(13-11-19)25(29)23-8-2-6-21(15-23)22-7-3-9-24(16-22)26(30)31/h18-24,30-31H,1-17,27H2. The zero-order chi connectivity index (χ0) is 21.8. The number of rotatable bonds is 5. The maximum absolute atomic E-state index is 13.4. The van der Waals surface area contributed by atoms with E-state index in [4.69, 9.17) is 5.73 Å². The number of hydrogen-bond acceptors (Lipinski definition) is 4. The number of carbonyl (C=O) groups is 1. The van der Waals surface area contributed by atoms with Gasteiger partial charge < -0.3 is 20.7 Å². The van der Waals surface area contributed by atoms with Gasteiger partial charge in [-0.05, 0) is 86.9 Å². The molecule has 6 unspecified atom stereocenters. The summed E-state index contributed by atoms with van der Waals surface area (Å²) in [6, 6.07) is 0. The van der Waals surface area contributed by atoms with Crippen LogP contribution >= 0.6 is 0 Å². The van der Waals surface area contributed by atoms with Crippen molar-refractivity contribution >= 4 is 13.0 Å². The molecule has 0 radical (unpaired) electrons. The minimum atomic E-state index is -1.17. The number of likely N-dealkylation sites (tertiary alicyclic amines) is 1. The molecule has 1 heterocycles. The second-order valence-corrected chi connectivity index (χ2v) is 11.4. The molecule has 3 aliphatic carbocycles. The molecule has 4 rings (SSSR count). The molecule has 176 valence electrons. The van der Waals surface area contributed by atoms with Crippen molar-refractivity contribution in [1.82, 2.24) is 4.90 Å². The van der Waals surface area contributed by atoms with Gasteiger partial charge in [-0.25, -0.2) is 0 Å². The van der Waals surface area contributed by atoms with E-state index in [2.05, 4.69) is 4.90 Å². The highest BCUT2D eigenvalue weighted by Crippen LogP contribution is 2.45. The first-order chi connectivity index (χ1) is 15.0. The lowest BCUT2D eigenvalue weighted by molar-refractivity contribution is -0.139. The van der Waals surface area contributed by atoms with Crippen molar-refractivity contribution in [2.45, 2.75) is 95.7 Å². The molecule has 1 amide bonds. The van der Waals surface area contributed by atoms with Crippen LogP contribution in [0.25, 0.3) is 0 Å². The summed E-state index contributed by atoms with van der Waals surface area (Å²) < 4.78 is 0. The molecule has 0 aromatic heterocycles. The largest absolute Gasteiger partial charge is 0.454 e. The van der Waals surface area contributed by atoms with Crippen LogP contribution < -0.4 is 5.73 Å². The van der Waals surface area contributed by atoms with Crippen molar-refractivity contribution in [3.8, 4) is 0 Å². The van der Waals surface area contributed by atoms with Crippen molar-refractivity contribution in [3.05, 3.63) is 0 Å². The maximum atomic E-state index is 13.4. The quantitative estimate of drug-likeness (QED) is 0.577. The highest BCUT2D eigenvalue weighted by Gasteiger charge is 2.39. The Bertz CT molecular complexity index is 581. The normalized spacial score (nSPS) is 38.1. The Balaban J connectivity index is 1.26. The summed E-state index contributed by atoms with van der Waals surface area (Å²) in [5.41, 5.74) is 5.95. The number of amides is 1. The number of nitrogens with two attached hydrogens (primary N) is 1. The van der Waals surface area contributed by atoms with Gasteiger partial charge in [0.05, 0.1) is 0 Å². The summed E-state index contributed by atoms with van der Waals surface area (Å²) in [5.74, 6) is 4.17. The van der Waals surface area contributed by atoms with Gasteiger partial charge in [-0.15, -0.1) is 0 Å². The van der Waals surface area contributed by atoms with Gasteiger partial charge in [-0.3, -0.25) is 4.79 Å². The summed E-state index contributed by atoms with van der Waals surface area (Å²) in [4.78, 5) is 15.6. The highest BCUT2D eigenvalue weighted by atomic mass is 16.4.